The molecule has 18 heavy (non-hydrogen) atoms. The molecular formula is C15H20N2O. The van der Waals surface area contributed by atoms with Gasteiger partial charge in [0, 0.05) is 13.1 Å². The molecule has 1 aromatic rings. The van der Waals surface area contributed by atoms with Crippen LogP contribution in [0.3, 0.4) is 0 Å². The fraction of sp³-hybridized carbons (Fsp3) is 0.533. The Labute approximate surface area is 108 Å². The summed E-state index contributed by atoms with van der Waals surface area (Å²) in [4.78, 5) is 14.6. The second kappa shape index (κ2) is 4.73. The second-order valence-corrected chi connectivity index (χ2v) is 5.35. The zero-order valence-electron chi connectivity index (χ0n) is 10.9. The lowest BCUT2D eigenvalue weighted by Crippen LogP contribution is -2.42. The van der Waals surface area contributed by atoms with Crippen LogP contribution in [0.5, 0.6) is 0 Å². The Morgan fingerprint density at radius 2 is 2.22 bits per heavy atom. The van der Waals surface area contributed by atoms with Crippen LogP contribution in [0.1, 0.15) is 30.5 Å². The molecule has 0 aromatic heterocycles. The smallest absolute Gasteiger partial charge is 0.227 e. The van der Waals surface area contributed by atoms with Crippen LogP contribution in [0, 0.1) is 5.92 Å². The van der Waals surface area contributed by atoms with Crippen molar-refractivity contribution in [1.29, 1.82) is 0 Å². The van der Waals surface area contributed by atoms with Crippen LogP contribution in [0.15, 0.2) is 24.3 Å². The minimum atomic E-state index is 0.192. The molecule has 3 heteroatoms. The number of benzene rings is 1. The summed E-state index contributed by atoms with van der Waals surface area (Å²) in [7, 11) is 0. The number of rotatable bonds is 1. The highest BCUT2D eigenvalue weighted by atomic mass is 16.2. The summed E-state index contributed by atoms with van der Waals surface area (Å²) < 4.78 is 0. The van der Waals surface area contributed by atoms with Gasteiger partial charge in [0.2, 0.25) is 5.91 Å². The summed E-state index contributed by atoms with van der Waals surface area (Å²) in [6.07, 6.45) is 1.98. The van der Waals surface area contributed by atoms with Gasteiger partial charge in [0.15, 0.2) is 0 Å². The number of amides is 1. The molecule has 1 amide bonds. The van der Waals surface area contributed by atoms with Crippen molar-refractivity contribution in [2.45, 2.75) is 25.8 Å². The molecule has 1 aromatic carbocycles. The first-order chi connectivity index (χ1) is 8.77. The van der Waals surface area contributed by atoms with Gasteiger partial charge in [-0.2, -0.15) is 0 Å². The molecule has 2 heterocycles. The predicted molar refractivity (Wildman–Crippen MR) is 71.3 cm³/mol. The van der Waals surface area contributed by atoms with Gasteiger partial charge < -0.3 is 10.2 Å². The van der Waals surface area contributed by atoms with Gasteiger partial charge in [-0.25, -0.2) is 0 Å². The van der Waals surface area contributed by atoms with Gasteiger partial charge in [-0.05, 0) is 37.4 Å². The van der Waals surface area contributed by atoms with Crippen LogP contribution in [0.25, 0.3) is 0 Å². The molecule has 0 aliphatic carbocycles. The first-order valence-corrected chi connectivity index (χ1v) is 6.86. The SMILES string of the molecule is CC1c2ccccc2CCN1C(=O)C1CCNC1. The second-order valence-electron chi connectivity index (χ2n) is 5.35. The Balaban J connectivity index is 1.81. The van der Waals surface area contributed by atoms with E-state index in [1.165, 1.54) is 11.1 Å². The molecule has 0 saturated carbocycles. The predicted octanol–water partition coefficient (Wildman–Crippen LogP) is 1.74. The third-order valence-electron chi connectivity index (χ3n) is 4.29. The lowest BCUT2D eigenvalue weighted by atomic mass is 9.92. The quantitative estimate of drug-likeness (QED) is 0.816. The van der Waals surface area contributed by atoms with Crippen molar-refractivity contribution in [3.8, 4) is 0 Å². The van der Waals surface area contributed by atoms with Crippen molar-refractivity contribution in [1.82, 2.24) is 10.2 Å². The zero-order valence-corrected chi connectivity index (χ0v) is 10.9. The Morgan fingerprint density at radius 1 is 1.39 bits per heavy atom. The molecule has 3 nitrogen and oxygen atoms in total. The minimum Gasteiger partial charge on any atom is -0.335 e. The fourth-order valence-corrected chi connectivity index (χ4v) is 3.17. The maximum absolute atomic E-state index is 12.5. The standard InChI is InChI=1S/C15H20N2O/c1-11-14-5-3-2-4-12(14)7-9-17(11)15(18)13-6-8-16-10-13/h2-5,11,13,16H,6-10H2,1H3. The Hall–Kier alpha value is -1.35. The maximum Gasteiger partial charge on any atom is 0.227 e. The third kappa shape index (κ3) is 1.93. The molecule has 2 atom stereocenters. The highest BCUT2D eigenvalue weighted by Crippen LogP contribution is 2.30. The first kappa shape index (κ1) is 11.7. The largest absolute Gasteiger partial charge is 0.335 e. The van der Waals surface area contributed by atoms with Gasteiger partial charge in [-0.15, -0.1) is 0 Å². The lowest BCUT2D eigenvalue weighted by molar-refractivity contribution is -0.137. The van der Waals surface area contributed by atoms with E-state index in [1.54, 1.807) is 0 Å². The molecule has 96 valence electrons. The average molecular weight is 244 g/mol. The molecule has 2 aliphatic heterocycles. The van der Waals surface area contributed by atoms with E-state index in [4.69, 9.17) is 0 Å². The number of nitrogens with one attached hydrogen (secondary N) is 1. The first-order valence-electron chi connectivity index (χ1n) is 6.86. The Kier molecular flexibility index (Phi) is 3.08. The zero-order chi connectivity index (χ0) is 12.5. The molecule has 1 N–H and O–H groups in total. The van der Waals surface area contributed by atoms with E-state index in [0.717, 1.165) is 32.5 Å². The molecule has 1 fully saturated rings. The number of carbonyl (C=O) groups excluding carboxylic acids is 1. The molecular weight excluding hydrogens is 224 g/mol. The summed E-state index contributed by atoms with van der Waals surface area (Å²) in [5.74, 6) is 0.528. The highest BCUT2D eigenvalue weighted by molar-refractivity contribution is 5.80. The summed E-state index contributed by atoms with van der Waals surface area (Å²) in [5, 5.41) is 3.28. The molecule has 0 radical (unpaired) electrons. The van der Waals surface area contributed by atoms with Crippen molar-refractivity contribution in [3.63, 3.8) is 0 Å². The highest BCUT2D eigenvalue weighted by Gasteiger charge is 2.32. The molecule has 2 aliphatic rings. The van der Waals surface area contributed by atoms with E-state index >= 15 is 0 Å². The van der Waals surface area contributed by atoms with Crippen molar-refractivity contribution in [3.05, 3.63) is 35.4 Å². The van der Waals surface area contributed by atoms with Crippen molar-refractivity contribution >= 4 is 5.91 Å². The maximum atomic E-state index is 12.5. The normalized spacial score (nSPS) is 27.1. The third-order valence-corrected chi connectivity index (χ3v) is 4.29. The van der Waals surface area contributed by atoms with E-state index in [9.17, 15) is 4.79 Å². The van der Waals surface area contributed by atoms with Gasteiger partial charge >= 0.3 is 0 Å². The van der Waals surface area contributed by atoms with Gasteiger partial charge in [-0.3, -0.25) is 4.79 Å². The van der Waals surface area contributed by atoms with E-state index in [2.05, 4.69) is 41.4 Å². The Morgan fingerprint density at radius 3 is 3.00 bits per heavy atom. The van der Waals surface area contributed by atoms with Gasteiger partial charge in [-0.1, -0.05) is 24.3 Å². The van der Waals surface area contributed by atoms with Gasteiger partial charge in [0.05, 0.1) is 12.0 Å². The summed E-state index contributed by atoms with van der Waals surface area (Å²) in [6.45, 7) is 4.85. The van der Waals surface area contributed by atoms with E-state index in [0.29, 0.717) is 5.91 Å². The molecule has 3 rings (SSSR count). The van der Waals surface area contributed by atoms with E-state index in [1.807, 2.05) is 0 Å². The van der Waals surface area contributed by atoms with Gasteiger partial charge in [0.1, 0.15) is 0 Å². The molecule has 2 unspecified atom stereocenters. The summed E-state index contributed by atoms with van der Waals surface area (Å²) in [5.41, 5.74) is 2.72. The van der Waals surface area contributed by atoms with Crippen LogP contribution >= 0.6 is 0 Å². The van der Waals surface area contributed by atoms with Crippen molar-refractivity contribution in [2.24, 2.45) is 5.92 Å². The number of fused-ring (bicyclic) bond motifs is 1. The Bertz CT molecular complexity index is 452. The number of nitrogens with zero attached hydrogens (tertiary/aromatic N) is 1. The van der Waals surface area contributed by atoms with Crippen LogP contribution in [-0.4, -0.2) is 30.4 Å². The van der Waals surface area contributed by atoms with Crippen LogP contribution in [0.2, 0.25) is 0 Å². The summed E-state index contributed by atoms with van der Waals surface area (Å²) >= 11 is 0. The van der Waals surface area contributed by atoms with E-state index < -0.39 is 0 Å². The topological polar surface area (TPSA) is 32.3 Å². The van der Waals surface area contributed by atoms with Crippen LogP contribution in [-0.2, 0) is 11.2 Å². The number of hydrogen-bond acceptors (Lipinski definition) is 2. The lowest BCUT2D eigenvalue weighted by Gasteiger charge is -2.36. The fourth-order valence-electron chi connectivity index (χ4n) is 3.17. The van der Waals surface area contributed by atoms with Gasteiger partial charge in [0.25, 0.3) is 0 Å². The van der Waals surface area contributed by atoms with Crippen molar-refractivity contribution < 1.29 is 4.79 Å². The van der Waals surface area contributed by atoms with E-state index in [-0.39, 0.29) is 12.0 Å². The van der Waals surface area contributed by atoms with Crippen LogP contribution in [0.4, 0.5) is 0 Å². The molecule has 0 spiro atoms. The summed E-state index contributed by atoms with van der Waals surface area (Å²) in [6, 6.07) is 8.73. The van der Waals surface area contributed by atoms with Crippen LogP contribution < -0.4 is 5.32 Å². The van der Waals surface area contributed by atoms with Crippen molar-refractivity contribution in [2.75, 3.05) is 19.6 Å². The minimum absolute atomic E-state index is 0.192. The molecule has 1 saturated heterocycles. The molecule has 0 bridgehead atoms. The number of hydrogen-bond donors (Lipinski definition) is 1. The monoisotopic (exact) mass is 244 g/mol. The average Bonchev–Trinajstić information content (AvgIpc) is 2.93. The number of carbonyl (C=O) groups is 1.